The summed E-state index contributed by atoms with van der Waals surface area (Å²) in [5.41, 5.74) is 2.56. The highest BCUT2D eigenvalue weighted by Crippen LogP contribution is 2.25. The fourth-order valence-corrected chi connectivity index (χ4v) is 1.88. The highest BCUT2D eigenvalue weighted by Gasteiger charge is 2.20. The molecule has 0 amide bonds. The number of nitrogens with one attached hydrogen (secondary N) is 1. The van der Waals surface area contributed by atoms with Gasteiger partial charge in [-0.15, -0.1) is 0 Å². The molecule has 0 saturated heterocycles. The number of anilines is 1. The van der Waals surface area contributed by atoms with Gasteiger partial charge in [-0.05, 0) is 26.1 Å². The first-order valence-electron chi connectivity index (χ1n) is 5.17. The summed E-state index contributed by atoms with van der Waals surface area (Å²) >= 11 is 0. The first kappa shape index (κ1) is 9.46. The molecule has 2 rings (SSSR count). The average Bonchev–Trinajstić information content (AvgIpc) is 2.62. The van der Waals surface area contributed by atoms with Crippen LogP contribution in [0, 0.1) is 0 Å². The molecule has 3 nitrogen and oxygen atoms in total. The smallest absolute Gasteiger partial charge is 0.0654 e. The van der Waals surface area contributed by atoms with E-state index in [0.29, 0.717) is 6.04 Å². The van der Waals surface area contributed by atoms with Crippen molar-refractivity contribution in [1.82, 2.24) is 10.3 Å². The summed E-state index contributed by atoms with van der Waals surface area (Å²) in [5.74, 6) is 0. The Morgan fingerprint density at radius 1 is 1.64 bits per heavy atom. The van der Waals surface area contributed by atoms with Crippen molar-refractivity contribution in [2.45, 2.75) is 19.4 Å². The molecule has 0 saturated carbocycles. The van der Waals surface area contributed by atoms with Crippen molar-refractivity contribution < 1.29 is 0 Å². The number of hydrogen-bond donors (Lipinski definition) is 1. The Morgan fingerprint density at radius 3 is 3.29 bits per heavy atom. The average molecular weight is 191 g/mol. The topological polar surface area (TPSA) is 28.2 Å². The highest BCUT2D eigenvalue weighted by atomic mass is 15.2. The maximum absolute atomic E-state index is 4.38. The molecular formula is C11H17N3. The molecule has 1 aromatic rings. The number of pyridine rings is 1. The van der Waals surface area contributed by atoms with Crippen LogP contribution in [-0.2, 0) is 6.42 Å². The van der Waals surface area contributed by atoms with Crippen molar-refractivity contribution in [1.29, 1.82) is 0 Å². The second-order valence-electron chi connectivity index (χ2n) is 3.85. The minimum Gasteiger partial charge on any atom is -0.368 e. The number of nitrogens with zero attached hydrogens (tertiary/aromatic N) is 2. The van der Waals surface area contributed by atoms with Crippen molar-refractivity contribution >= 4 is 5.69 Å². The van der Waals surface area contributed by atoms with E-state index in [1.807, 2.05) is 19.3 Å². The molecule has 0 fully saturated rings. The largest absolute Gasteiger partial charge is 0.368 e. The molecule has 0 aromatic carbocycles. The molecular weight excluding hydrogens is 174 g/mol. The van der Waals surface area contributed by atoms with Crippen molar-refractivity contribution in [3.05, 3.63) is 24.0 Å². The third-order valence-electron chi connectivity index (χ3n) is 2.81. The number of fused-ring (bicyclic) bond motifs is 1. The van der Waals surface area contributed by atoms with E-state index in [1.165, 1.54) is 11.4 Å². The molecule has 3 heteroatoms. The van der Waals surface area contributed by atoms with Crippen LogP contribution in [0.2, 0.25) is 0 Å². The lowest BCUT2D eigenvalue weighted by molar-refractivity contribution is 0.594. The molecule has 1 N–H and O–H groups in total. The number of rotatable bonds is 3. The molecule has 0 aliphatic carbocycles. The van der Waals surface area contributed by atoms with Gasteiger partial charge in [0.2, 0.25) is 0 Å². The SMILES string of the molecule is CNC(C)CN1CCc2ncccc21. The van der Waals surface area contributed by atoms with E-state index in [0.717, 1.165) is 19.5 Å². The van der Waals surface area contributed by atoms with Gasteiger partial charge < -0.3 is 10.2 Å². The Balaban J connectivity index is 2.10. The zero-order valence-electron chi connectivity index (χ0n) is 8.83. The number of likely N-dealkylation sites (N-methyl/N-ethyl adjacent to an activating group) is 1. The maximum Gasteiger partial charge on any atom is 0.0654 e. The number of aromatic nitrogens is 1. The Morgan fingerprint density at radius 2 is 2.50 bits per heavy atom. The van der Waals surface area contributed by atoms with Gasteiger partial charge in [-0.3, -0.25) is 4.98 Å². The molecule has 1 atom stereocenters. The lowest BCUT2D eigenvalue weighted by atomic mass is 10.3. The minimum atomic E-state index is 0.529. The lowest BCUT2D eigenvalue weighted by Gasteiger charge is -2.22. The summed E-state index contributed by atoms with van der Waals surface area (Å²) < 4.78 is 0. The zero-order valence-corrected chi connectivity index (χ0v) is 8.83. The first-order valence-corrected chi connectivity index (χ1v) is 5.17. The van der Waals surface area contributed by atoms with Crippen molar-refractivity contribution in [2.75, 3.05) is 25.0 Å². The molecule has 1 unspecified atom stereocenters. The first-order chi connectivity index (χ1) is 6.81. The van der Waals surface area contributed by atoms with Gasteiger partial charge in [0.25, 0.3) is 0 Å². The standard InChI is InChI=1S/C11H17N3/c1-9(12-2)8-14-7-5-10-11(14)4-3-6-13-10/h3-4,6,9,12H,5,7-8H2,1-2H3. The normalized spacial score (nSPS) is 16.9. The van der Waals surface area contributed by atoms with Crippen LogP contribution in [0.25, 0.3) is 0 Å². The lowest BCUT2D eigenvalue weighted by Crippen LogP contribution is -2.36. The fourth-order valence-electron chi connectivity index (χ4n) is 1.88. The van der Waals surface area contributed by atoms with Crippen LogP contribution < -0.4 is 10.2 Å². The van der Waals surface area contributed by atoms with Crippen LogP contribution in [0.1, 0.15) is 12.6 Å². The van der Waals surface area contributed by atoms with Gasteiger partial charge in [0.1, 0.15) is 0 Å². The van der Waals surface area contributed by atoms with E-state index in [-0.39, 0.29) is 0 Å². The predicted octanol–water partition coefficient (Wildman–Crippen LogP) is 1.05. The molecule has 2 heterocycles. The summed E-state index contributed by atoms with van der Waals surface area (Å²) in [6, 6.07) is 4.71. The molecule has 1 aromatic heterocycles. The molecule has 0 radical (unpaired) electrons. The van der Waals surface area contributed by atoms with Crippen LogP contribution in [0.3, 0.4) is 0 Å². The molecule has 1 aliphatic rings. The van der Waals surface area contributed by atoms with Crippen LogP contribution in [-0.4, -0.2) is 31.2 Å². The van der Waals surface area contributed by atoms with Crippen molar-refractivity contribution in [2.24, 2.45) is 0 Å². The Bertz CT molecular complexity index is 311. The zero-order chi connectivity index (χ0) is 9.97. The van der Waals surface area contributed by atoms with Crippen molar-refractivity contribution in [3.63, 3.8) is 0 Å². The number of hydrogen-bond acceptors (Lipinski definition) is 3. The second-order valence-corrected chi connectivity index (χ2v) is 3.85. The highest BCUT2D eigenvalue weighted by molar-refractivity contribution is 5.54. The van der Waals surface area contributed by atoms with Gasteiger partial charge in [-0.2, -0.15) is 0 Å². The summed E-state index contributed by atoms with van der Waals surface area (Å²) in [6.07, 6.45) is 2.97. The van der Waals surface area contributed by atoms with E-state index in [4.69, 9.17) is 0 Å². The molecule has 76 valence electrons. The van der Waals surface area contributed by atoms with E-state index in [1.54, 1.807) is 0 Å². The quantitative estimate of drug-likeness (QED) is 0.774. The Labute approximate surface area is 85.1 Å². The maximum atomic E-state index is 4.38. The Hall–Kier alpha value is -1.09. The van der Waals surface area contributed by atoms with Gasteiger partial charge in [0.05, 0.1) is 11.4 Å². The monoisotopic (exact) mass is 191 g/mol. The van der Waals surface area contributed by atoms with Gasteiger partial charge in [-0.1, -0.05) is 0 Å². The fraction of sp³-hybridized carbons (Fsp3) is 0.545. The van der Waals surface area contributed by atoms with Gasteiger partial charge in [0, 0.05) is 31.7 Å². The third-order valence-corrected chi connectivity index (χ3v) is 2.81. The van der Waals surface area contributed by atoms with Gasteiger partial charge in [0.15, 0.2) is 0 Å². The van der Waals surface area contributed by atoms with Crippen LogP contribution >= 0.6 is 0 Å². The van der Waals surface area contributed by atoms with E-state index in [9.17, 15) is 0 Å². The minimum absolute atomic E-state index is 0.529. The third kappa shape index (κ3) is 1.73. The van der Waals surface area contributed by atoms with E-state index in [2.05, 4.69) is 28.2 Å². The predicted molar refractivity (Wildman–Crippen MR) is 58.7 cm³/mol. The van der Waals surface area contributed by atoms with Crippen molar-refractivity contribution in [3.8, 4) is 0 Å². The van der Waals surface area contributed by atoms with Crippen LogP contribution in [0.5, 0.6) is 0 Å². The summed E-state index contributed by atoms with van der Waals surface area (Å²) in [4.78, 5) is 6.79. The Kier molecular flexibility index (Phi) is 2.68. The second kappa shape index (κ2) is 3.96. The summed E-state index contributed by atoms with van der Waals surface area (Å²) in [5, 5.41) is 3.26. The van der Waals surface area contributed by atoms with Gasteiger partial charge >= 0.3 is 0 Å². The van der Waals surface area contributed by atoms with Gasteiger partial charge in [-0.25, -0.2) is 0 Å². The van der Waals surface area contributed by atoms with Crippen LogP contribution in [0.15, 0.2) is 18.3 Å². The molecule has 0 spiro atoms. The van der Waals surface area contributed by atoms with E-state index >= 15 is 0 Å². The molecule has 0 bridgehead atoms. The summed E-state index contributed by atoms with van der Waals surface area (Å²) in [7, 11) is 2.00. The molecule has 14 heavy (non-hydrogen) atoms. The summed E-state index contributed by atoms with van der Waals surface area (Å²) in [6.45, 7) is 4.38. The van der Waals surface area contributed by atoms with E-state index < -0.39 is 0 Å². The molecule has 1 aliphatic heterocycles. The van der Waals surface area contributed by atoms with Crippen LogP contribution in [0.4, 0.5) is 5.69 Å².